The van der Waals surface area contributed by atoms with Crippen molar-refractivity contribution in [2.24, 2.45) is 0 Å². The first-order chi connectivity index (χ1) is 14.9. The van der Waals surface area contributed by atoms with Gasteiger partial charge in [-0.05, 0) is 30.0 Å². The van der Waals surface area contributed by atoms with E-state index in [2.05, 4.69) is 30.3 Å². The molecule has 1 fully saturated rings. The van der Waals surface area contributed by atoms with Crippen LogP contribution in [0.5, 0.6) is 0 Å². The van der Waals surface area contributed by atoms with E-state index in [4.69, 9.17) is 0 Å². The van der Waals surface area contributed by atoms with Crippen LogP contribution in [-0.4, -0.2) is 47.6 Å². The maximum atomic E-state index is 12.7. The van der Waals surface area contributed by atoms with Crippen molar-refractivity contribution in [3.8, 4) is 0 Å². The number of hydrogen-bond donors (Lipinski definition) is 3. The first kappa shape index (κ1) is 20.9. The van der Waals surface area contributed by atoms with Gasteiger partial charge in [0.05, 0.1) is 9.80 Å². The fourth-order valence-corrected chi connectivity index (χ4v) is 4.77. The lowest BCUT2D eigenvalue weighted by molar-refractivity contribution is -0.115. The SMILES string of the molecule is O=C1NC(=O)/C(=C/c2nccc(NCCNS(=O)(=O)c3cccc4cnccc34)n2)S1. The summed E-state index contributed by atoms with van der Waals surface area (Å²) in [7, 11) is -3.72. The van der Waals surface area contributed by atoms with Crippen molar-refractivity contribution in [3.63, 3.8) is 0 Å². The molecule has 3 aromatic rings. The molecule has 12 heteroatoms. The zero-order valence-corrected chi connectivity index (χ0v) is 17.5. The quantitative estimate of drug-likeness (QED) is 0.358. The maximum Gasteiger partial charge on any atom is 0.290 e. The number of pyridine rings is 1. The summed E-state index contributed by atoms with van der Waals surface area (Å²) < 4.78 is 28.0. The van der Waals surface area contributed by atoms with Gasteiger partial charge in [-0.2, -0.15) is 0 Å². The van der Waals surface area contributed by atoms with Crippen LogP contribution in [-0.2, 0) is 14.8 Å². The molecule has 1 aromatic carbocycles. The lowest BCUT2D eigenvalue weighted by Crippen LogP contribution is -2.29. The first-order valence-corrected chi connectivity index (χ1v) is 11.4. The summed E-state index contributed by atoms with van der Waals surface area (Å²) in [5, 5.41) is 6.05. The number of benzene rings is 1. The van der Waals surface area contributed by atoms with Crippen molar-refractivity contribution >= 4 is 55.6 Å². The number of anilines is 1. The van der Waals surface area contributed by atoms with E-state index < -0.39 is 21.2 Å². The van der Waals surface area contributed by atoms with Crippen LogP contribution in [0.3, 0.4) is 0 Å². The highest BCUT2D eigenvalue weighted by atomic mass is 32.2. The predicted molar refractivity (Wildman–Crippen MR) is 117 cm³/mol. The van der Waals surface area contributed by atoms with Crippen LogP contribution in [0.4, 0.5) is 10.6 Å². The third kappa shape index (κ3) is 4.87. The number of nitrogens with one attached hydrogen (secondary N) is 3. The van der Waals surface area contributed by atoms with Gasteiger partial charge in [-0.3, -0.25) is 19.9 Å². The topological polar surface area (TPSA) is 143 Å². The molecule has 0 saturated carbocycles. The zero-order chi connectivity index (χ0) is 21.8. The van der Waals surface area contributed by atoms with Crippen molar-refractivity contribution < 1.29 is 18.0 Å². The summed E-state index contributed by atoms with van der Waals surface area (Å²) in [5.74, 6) is 0.213. The second-order valence-corrected chi connectivity index (χ2v) is 9.08. The van der Waals surface area contributed by atoms with Gasteiger partial charge in [0.25, 0.3) is 11.1 Å². The average Bonchev–Trinajstić information content (AvgIpc) is 3.07. The number of carbonyl (C=O) groups is 2. The number of nitrogens with zero attached hydrogens (tertiary/aromatic N) is 3. The Balaban J connectivity index is 1.38. The first-order valence-electron chi connectivity index (χ1n) is 9.06. The lowest BCUT2D eigenvalue weighted by Gasteiger charge is -2.10. The molecule has 1 saturated heterocycles. The minimum Gasteiger partial charge on any atom is -0.369 e. The van der Waals surface area contributed by atoms with Gasteiger partial charge in [0.2, 0.25) is 10.0 Å². The molecule has 158 valence electrons. The maximum absolute atomic E-state index is 12.7. The van der Waals surface area contributed by atoms with Gasteiger partial charge in [-0.25, -0.2) is 23.1 Å². The van der Waals surface area contributed by atoms with Gasteiger partial charge in [-0.1, -0.05) is 12.1 Å². The van der Waals surface area contributed by atoms with Crippen molar-refractivity contribution in [1.82, 2.24) is 25.0 Å². The molecule has 2 amide bonds. The summed E-state index contributed by atoms with van der Waals surface area (Å²) in [6.45, 7) is 0.392. The summed E-state index contributed by atoms with van der Waals surface area (Å²) in [4.78, 5) is 35.5. The Hall–Kier alpha value is -3.35. The molecule has 0 bridgehead atoms. The van der Waals surface area contributed by atoms with E-state index in [1.54, 1.807) is 42.7 Å². The van der Waals surface area contributed by atoms with Crippen molar-refractivity contribution in [3.05, 3.63) is 59.7 Å². The summed E-state index contributed by atoms with van der Waals surface area (Å²) in [5.41, 5.74) is 0. The molecule has 0 aliphatic carbocycles. The minimum atomic E-state index is -3.72. The Morgan fingerprint density at radius 3 is 2.77 bits per heavy atom. The van der Waals surface area contributed by atoms with Gasteiger partial charge >= 0.3 is 0 Å². The largest absolute Gasteiger partial charge is 0.369 e. The van der Waals surface area contributed by atoms with Crippen LogP contribution in [0.2, 0.25) is 0 Å². The average molecular weight is 457 g/mol. The van der Waals surface area contributed by atoms with Gasteiger partial charge in [0.15, 0.2) is 5.82 Å². The number of imide groups is 1. The van der Waals surface area contributed by atoms with Gasteiger partial charge in [0, 0.05) is 48.5 Å². The Morgan fingerprint density at radius 2 is 1.97 bits per heavy atom. The second-order valence-electron chi connectivity index (χ2n) is 6.33. The van der Waals surface area contributed by atoms with Crippen LogP contribution in [0.1, 0.15) is 5.82 Å². The predicted octanol–water partition coefficient (Wildman–Crippen LogP) is 1.74. The molecule has 1 aliphatic heterocycles. The van der Waals surface area contributed by atoms with E-state index in [9.17, 15) is 18.0 Å². The summed E-state index contributed by atoms with van der Waals surface area (Å²) in [6.07, 6.45) is 6.07. The highest BCUT2D eigenvalue weighted by Gasteiger charge is 2.25. The molecule has 0 unspecified atom stereocenters. The zero-order valence-electron chi connectivity index (χ0n) is 15.9. The molecule has 3 heterocycles. The number of amides is 2. The van der Waals surface area contributed by atoms with E-state index in [0.717, 1.165) is 17.1 Å². The van der Waals surface area contributed by atoms with Crippen molar-refractivity contribution in [2.45, 2.75) is 4.90 Å². The monoisotopic (exact) mass is 456 g/mol. The number of aromatic nitrogens is 3. The van der Waals surface area contributed by atoms with Gasteiger partial charge < -0.3 is 5.32 Å². The third-order valence-corrected chi connectivity index (χ3v) is 6.56. The van der Waals surface area contributed by atoms with Crippen LogP contribution < -0.4 is 15.4 Å². The summed E-state index contributed by atoms with van der Waals surface area (Å²) in [6, 6.07) is 8.29. The van der Waals surface area contributed by atoms with E-state index in [1.165, 1.54) is 12.3 Å². The number of sulfonamides is 1. The number of hydrogen-bond acceptors (Lipinski definition) is 9. The molecule has 2 aromatic heterocycles. The second kappa shape index (κ2) is 8.79. The Labute approximate surface area is 181 Å². The highest BCUT2D eigenvalue weighted by Crippen LogP contribution is 2.25. The number of fused-ring (bicyclic) bond motifs is 1. The van der Waals surface area contributed by atoms with Crippen LogP contribution in [0.15, 0.2) is 58.7 Å². The number of rotatable bonds is 7. The molecular formula is C19H16N6O4S2. The smallest absolute Gasteiger partial charge is 0.290 e. The fourth-order valence-electron chi connectivity index (χ4n) is 2.86. The van der Waals surface area contributed by atoms with Crippen molar-refractivity contribution in [1.29, 1.82) is 0 Å². The van der Waals surface area contributed by atoms with Crippen LogP contribution >= 0.6 is 11.8 Å². The summed E-state index contributed by atoms with van der Waals surface area (Å²) >= 11 is 0.778. The highest BCUT2D eigenvalue weighted by molar-refractivity contribution is 8.18. The number of thioether (sulfide) groups is 1. The minimum absolute atomic E-state index is 0.122. The molecule has 1 aliphatic rings. The molecule has 0 atom stereocenters. The fraction of sp³-hybridized carbons (Fsp3) is 0.105. The molecule has 0 spiro atoms. The molecule has 31 heavy (non-hydrogen) atoms. The van der Waals surface area contributed by atoms with Crippen LogP contribution in [0.25, 0.3) is 16.8 Å². The number of carbonyl (C=O) groups excluding carboxylic acids is 2. The van der Waals surface area contributed by atoms with E-state index in [-0.39, 0.29) is 28.7 Å². The Bertz CT molecular complexity index is 1300. The van der Waals surface area contributed by atoms with E-state index in [0.29, 0.717) is 11.2 Å². The molecular weight excluding hydrogens is 440 g/mol. The van der Waals surface area contributed by atoms with E-state index >= 15 is 0 Å². The standard InChI is InChI=1S/C19H16N6O4S2/c26-18-14(30-19(27)25-18)10-17-21-7-5-16(24-17)22-8-9-23-31(28,29)15-3-1-2-12-11-20-6-4-13(12)15/h1-7,10-11,23H,8-9H2,(H,21,22,24)(H,25,26,27)/b14-10-. The molecule has 10 nitrogen and oxygen atoms in total. The van der Waals surface area contributed by atoms with E-state index in [1.807, 2.05) is 0 Å². The molecule has 0 radical (unpaired) electrons. The van der Waals surface area contributed by atoms with Crippen molar-refractivity contribution in [2.75, 3.05) is 18.4 Å². The third-order valence-electron chi connectivity index (χ3n) is 4.23. The normalized spacial score (nSPS) is 15.4. The lowest BCUT2D eigenvalue weighted by atomic mass is 10.2. The molecule has 3 N–H and O–H groups in total. The Morgan fingerprint density at radius 1 is 1.10 bits per heavy atom. The van der Waals surface area contributed by atoms with Gasteiger partial charge in [0.1, 0.15) is 5.82 Å². The molecule has 4 rings (SSSR count). The Kier molecular flexibility index (Phi) is 5.93. The van der Waals surface area contributed by atoms with Crippen LogP contribution in [0, 0.1) is 0 Å². The van der Waals surface area contributed by atoms with Gasteiger partial charge in [-0.15, -0.1) is 0 Å².